The Labute approximate surface area is 95.6 Å². The molecule has 0 atom stereocenters. The zero-order valence-corrected chi connectivity index (χ0v) is 9.88. The molecule has 1 saturated carbocycles. The second kappa shape index (κ2) is 3.96. The van der Waals surface area contributed by atoms with E-state index in [0.29, 0.717) is 19.1 Å². The van der Waals surface area contributed by atoms with Crippen molar-refractivity contribution in [2.75, 3.05) is 13.1 Å². The summed E-state index contributed by atoms with van der Waals surface area (Å²) in [6.45, 7) is 4.68. The molecule has 1 saturated heterocycles. The first-order valence-electron chi connectivity index (χ1n) is 5.88. The highest BCUT2D eigenvalue weighted by Crippen LogP contribution is 2.21. The van der Waals surface area contributed by atoms with E-state index in [1.807, 2.05) is 0 Å². The molecule has 16 heavy (non-hydrogen) atoms. The van der Waals surface area contributed by atoms with Crippen molar-refractivity contribution in [1.29, 1.82) is 0 Å². The normalized spacial score (nSPS) is 24.6. The first-order valence-corrected chi connectivity index (χ1v) is 5.88. The molecule has 0 spiro atoms. The van der Waals surface area contributed by atoms with Gasteiger partial charge in [0.2, 0.25) is 5.91 Å². The molecule has 2 N–H and O–H groups in total. The maximum atomic E-state index is 12.0. The smallest absolute Gasteiger partial charge is 0.318 e. The van der Waals surface area contributed by atoms with Gasteiger partial charge in [-0.25, -0.2) is 4.79 Å². The minimum absolute atomic E-state index is 0.0810. The van der Waals surface area contributed by atoms with E-state index in [4.69, 9.17) is 0 Å². The molecular formula is C11H19N3O2. The van der Waals surface area contributed by atoms with Gasteiger partial charge in [-0.2, -0.15) is 0 Å². The molecule has 0 aromatic rings. The van der Waals surface area contributed by atoms with Crippen molar-refractivity contribution in [2.45, 2.75) is 44.7 Å². The lowest BCUT2D eigenvalue weighted by molar-refractivity contribution is -0.132. The van der Waals surface area contributed by atoms with Crippen LogP contribution in [0.1, 0.15) is 33.1 Å². The van der Waals surface area contributed by atoms with Gasteiger partial charge in [0.25, 0.3) is 0 Å². The highest BCUT2D eigenvalue weighted by atomic mass is 16.2. The molecule has 1 aliphatic carbocycles. The first kappa shape index (κ1) is 11.2. The van der Waals surface area contributed by atoms with Crippen LogP contribution in [0.2, 0.25) is 0 Å². The Morgan fingerprint density at radius 3 is 2.75 bits per heavy atom. The van der Waals surface area contributed by atoms with Crippen LogP contribution in [-0.4, -0.2) is 41.5 Å². The molecule has 3 amide bonds. The number of piperazine rings is 1. The molecule has 5 nitrogen and oxygen atoms in total. The van der Waals surface area contributed by atoms with Crippen LogP contribution in [0.15, 0.2) is 0 Å². The third kappa shape index (κ3) is 1.86. The van der Waals surface area contributed by atoms with E-state index < -0.39 is 5.54 Å². The number of urea groups is 1. The highest BCUT2D eigenvalue weighted by Gasteiger charge is 2.41. The van der Waals surface area contributed by atoms with Crippen LogP contribution in [0.5, 0.6) is 0 Å². The van der Waals surface area contributed by atoms with Gasteiger partial charge in [-0.05, 0) is 33.1 Å². The summed E-state index contributed by atoms with van der Waals surface area (Å²) in [6, 6.07) is 0.206. The summed E-state index contributed by atoms with van der Waals surface area (Å²) in [5.74, 6) is -0.0810. The number of nitrogens with one attached hydrogen (secondary N) is 2. The van der Waals surface area contributed by atoms with Gasteiger partial charge in [-0.3, -0.25) is 4.79 Å². The lowest BCUT2D eigenvalue weighted by Crippen LogP contribution is -2.66. The zero-order chi connectivity index (χ0) is 11.8. The average Bonchev–Trinajstić information content (AvgIpc) is 2.15. The number of hydrogen-bond donors (Lipinski definition) is 2. The van der Waals surface area contributed by atoms with Crippen LogP contribution < -0.4 is 10.6 Å². The van der Waals surface area contributed by atoms with E-state index in [1.54, 1.807) is 18.7 Å². The standard InChI is InChI=1S/C11H19N3O2/c1-11(2)9(15)12-6-7-14(11)10(16)13-8-4-3-5-8/h8H,3-7H2,1-2H3,(H,12,15)(H,13,16). The zero-order valence-electron chi connectivity index (χ0n) is 9.88. The van der Waals surface area contributed by atoms with Crippen molar-refractivity contribution >= 4 is 11.9 Å². The number of carbonyl (C=O) groups is 2. The van der Waals surface area contributed by atoms with Crippen molar-refractivity contribution in [2.24, 2.45) is 0 Å². The predicted octanol–water partition coefficient (Wildman–Crippen LogP) is 0.459. The van der Waals surface area contributed by atoms with Crippen molar-refractivity contribution in [3.05, 3.63) is 0 Å². The van der Waals surface area contributed by atoms with Crippen molar-refractivity contribution < 1.29 is 9.59 Å². The molecule has 5 heteroatoms. The SMILES string of the molecule is CC1(C)C(=O)NCCN1C(=O)NC1CCC1. The fourth-order valence-electron chi connectivity index (χ4n) is 2.06. The second-order valence-electron chi connectivity index (χ2n) is 5.04. The Hall–Kier alpha value is -1.26. The van der Waals surface area contributed by atoms with Crippen LogP contribution in [-0.2, 0) is 4.79 Å². The van der Waals surface area contributed by atoms with Gasteiger partial charge < -0.3 is 15.5 Å². The maximum Gasteiger partial charge on any atom is 0.318 e. The second-order valence-corrected chi connectivity index (χ2v) is 5.04. The monoisotopic (exact) mass is 225 g/mol. The minimum Gasteiger partial charge on any atom is -0.352 e. The van der Waals surface area contributed by atoms with Crippen molar-refractivity contribution in [3.8, 4) is 0 Å². The molecule has 2 fully saturated rings. The minimum atomic E-state index is -0.744. The molecule has 0 radical (unpaired) electrons. The van der Waals surface area contributed by atoms with Crippen LogP contribution in [0.4, 0.5) is 4.79 Å². The molecule has 0 unspecified atom stereocenters. The van der Waals surface area contributed by atoms with E-state index in [-0.39, 0.29) is 11.9 Å². The predicted molar refractivity (Wildman–Crippen MR) is 60.0 cm³/mol. The van der Waals surface area contributed by atoms with Gasteiger partial charge in [0.15, 0.2) is 0 Å². The van der Waals surface area contributed by atoms with E-state index in [1.165, 1.54) is 6.42 Å². The molecular weight excluding hydrogens is 206 g/mol. The molecule has 1 heterocycles. The number of rotatable bonds is 1. The Bertz CT molecular complexity index is 310. The van der Waals surface area contributed by atoms with Crippen molar-refractivity contribution in [3.63, 3.8) is 0 Å². The third-order valence-electron chi connectivity index (χ3n) is 3.53. The summed E-state index contributed by atoms with van der Waals surface area (Å²) in [5.41, 5.74) is -0.744. The molecule has 0 aromatic carbocycles. The Morgan fingerprint density at radius 2 is 2.19 bits per heavy atom. The van der Waals surface area contributed by atoms with Gasteiger partial charge in [-0.15, -0.1) is 0 Å². The summed E-state index contributed by atoms with van der Waals surface area (Å²) < 4.78 is 0. The van der Waals surface area contributed by atoms with Gasteiger partial charge in [0, 0.05) is 19.1 Å². The van der Waals surface area contributed by atoms with E-state index in [9.17, 15) is 9.59 Å². The summed E-state index contributed by atoms with van der Waals surface area (Å²) in [4.78, 5) is 25.3. The summed E-state index contributed by atoms with van der Waals surface area (Å²) in [5, 5.41) is 5.75. The molecule has 2 aliphatic rings. The van der Waals surface area contributed by atoms with Gasteiger partial charge in [0.1, 0.15) is 5.54 Å². The topological polar surface area (TPSA) is 61.4 Å². The van der Waals surface area contributed by atoms with Crippen LogP contribution in [0.25, 0.3) is 0 Å². The fourth-order valence-corrected chi connectivity index (χ4v) is 2.06. The number of hydrogen-bond acceptors (Lipinski definition) is 2. The lowest BCUT2D eigenvalue weighted by atomic mass is 9.93. The van der Waals surface area contributed by atoms with E-state index in [0.717, 1.165) is 12.8 Å². The largest absolute Gasteiger partial charge is 0.352 e. The summed E-state index contributed by atoms with van der Waals surface area (Å²) in [7, 11) is 0. The Balaban J connectivity index is 2.00. The first-order chi connectivity index (χ1) is 7.51. The number of carbonyl (C=O) groups excluding carboxylic acids is 2. The maximum absolute atomic E-state index is 12.0. The van der Waals surface area contributed by atoms with Gasteiger partial charge in [-0.1, -0.05) is 0 Å². The fraction of sp³-hybridized carbons (Fsp3) is 0.818. The average molecular weight is 225 g/mol. The molecule has 2 rings (SSSR count). The Morgan fingerprint density at radius 1 is 1.50 bits per heavy atom. The molecule has 1 aliphatic heterocycles. The van der Waals surface area contributed by atoms with Crippen molar-refractivity contribution in [1.82, 2.24) is 15.5 Å². The van der Waals surface area contributed by atoms with Gasteiger partial charge in [0.05, 0.1) is 0 Å². The molecule has 90 valence electrons. The quantitative estimate of drug-likeness (QED) is 0.681. The van der Waals surface area contributed by atoms with Gasteiger partial charge >= 0.3 is 6.03 Å². The lowest BCUT2D eigenvalue weighted by Gasteiger charge is -2.42. The molecule has 0 aromatic heterocycles. The third-order valence-corrected chi connectivity index (χ3v) is 3.53. The highest BCUT2D eigenvalue weighted by molar-refractivity contribution is 5.91. The number of nitrogens with zero attached hydrogens (tertiary/aromatic N) is 1. The van der Waals surface area contributed by atoms with E-state index >= 15 is 0 Å². The van der Waals surface area contributed by atoms with Crippen LogP contribution in [0.3, 0.4) is 0 Å². The number of amides is 3. The van der Waals surface area contributed by atoms with Crippen LogP contribution >= 0.6 is 0 Å². The summed E-state index contributed by atoms with van der Waals surface area (Å²) in [6.07, 6.45) is 3.31. The van der Waals surface area contributed by atoms with E-state index in [2.05, 4.69) is 10.6 Å². The summed E-state index contributed by atoms with van der Waals surface area (Å²) >= 11 is 0. The Kier molecular flexibility index (Phi) is 2.78. The van der Waals surface area contributed by atoms with Crippen LogP contribution in [0, 0.1) is 0 Å². The molecule has 0 bridgehead atoms.